The highest BCUT2D eigenvalue weighted by atomic mass is 35.5. The molecule has 1 heterocycles. The molecule has 48 valence electrons. The minimum absolute atomic E-state index is 0. The summed E-state index contributed by atoms with van der Waals surface area (Å²) < 4.78 is 2.11. The molecule has 0 bridgehead atoms. The predicted octanol–water partition coefficient (Wildman–Crippen LogP) is -4.64. The standard InChI is InChI=1S/CH2Cl2N4.ClH/c2-6-4-1-5-7(6)3;/h1H,(H,4,5);1H. The Morgan fingerprint density at radius 2 is 2.12 bits per heavy atom. The van der Waals surface area contributed by atoms with Gasteiger partial charge in [-0.15, -0.1) is 5.10 Å². The Bertz CT molecular complexity index is 93.3. The van der Waals surface area contributed by atoms with Crippen LogP contribution in [0.25, 0.3) is 0 Å². The maximum atomic E-state index is 5.29. The number of nitrogens with zero attached hydrogens (tertiary/aromatic N) is 2. The Morgan fingerprint density at radius 3 is 2.25 bits per heavy atom. The summed E-state index contributed by atoms with van der Waals surface area (Å²) in [7, 11) is 0. The Balaban J connectivity index is 0.000000490. The lowest BCUT2D eigenvalue weighted by Crippen LogP contribution is -3.00. The molecule has 7 heteroatoms. The van der Waals surface area contributed by atoms with Gasteiger partial charge in [0.25, 0.3) is 6.34 Å². The van der Waals surface area contributed by atoms with Gasteiger partial charge in [-0.3, -0.25) is 0 Å². The number of rotatable bonds is 0. The second-order valence-corrected chi connectivity index (χ2v) is 1.56. The molecule has 0 unspecified atom stereocenters. The van der Waals surface area contributed by atoms with Gasteiger partial charge in [0, 0.05) is 0 Å². The van der Waals surface area contributed by atoms with E-state index >= 15 is 0 Å². The molecule has 0 radical (unpaired) electrons. The van der Waals surface area contributed by atoms with Gasteiger partial charge in [0.05, 0.1) is 28.2 Å². The van der Waals surface area contributed by atoms with Gasteiger partial charge in [-0.25, -0.2) is 0 Å². The van der Waals surface area contributed by atoms with Crippen LogP contribution < -0.4 is 22.9 Å². The average Bonchev–Trinajstić information content (AvgIpc) is 1.91. The fourth-order valence-electron chi connectivity index (χ4n) is 0.237. The van der Waals surface area contributed by atoms with Crippen LogP contribution in [0.4, 0.5) is 0 Å². The molecule has 2 N–H and O–H groups in total. The smallest absolute Gasteiger partial charge is 0.276 e. The molecular formula is CH3Cl3N4. The van der Waals surface area contributed by atoms with E-state index in [0.717, 1.165) is 9.27 Å². The molecule has 0 saturated heterocycles. The first kappa shape index (κ1) is 8.10. The summed E-state index contributed by atoms with van der Waals surface area (Å²) in [5.41, 5.74) is 2.53. The molecule has 0 aromatic heterocycles. The second kappa shape index (κ2) is 3.19. The molecule has 1 aliphatic rings. The lowest BCUT2D eigenvalue weighted by molar-refractivity contribution is -0.626. The largest absolute Gasteiger partial charge is 1.00 e. The van der Waals surface area contributed by atoms with E-state index in [-0.39, 0.29) is 12.4 Å². The van der Waals surface area contributed by atoms with Crippen molar-refractivity contribution in [3.8, 4) is 0 Å². The molecule has 0 aliphatic carbocycles. The van der Waals surface area contributed by atoms with Crippen molar-refractivity contribution in [2.45, 2.75) is 0 Å². The summed E-state index contributed by atoms with van der Waals surface area (Å²) in [6.07, 6.45) is 1.49. The van der Waals surface area contributed by atoms with E-state index in [1.54, 1.807) is 0 Å². The number of nitrogens with one attached hydrogen (secondary N) is 2. The minimum Gasteiger partial charge on any atom is -1.00 e. The van der Waals surface area contributed by atoms with Crippen molar-refractivity contribution >= 4 is 29.9 Å². The van der Waals surface area contributed by atoms with E-state index < -0.39 is 0 Å². The van der Waals surface area contributed by atoms with E-state index in [2.05, 4.69) is 10.5 Å². The Hall–Kier alpha value is 0.1000. The van der Waals surface area contributed by atoms with E-state index in [1.165, 1.54) is 6.34 Å². The maximum absolute atomic E-state index is 5.29. The van der Waals surface area contributed by atoms with Crippen LogP contribution in [0.3, 0.4) is 0 Å². The average molecular weight is 177 g/mol. The number of halogens is 3. The van der Waals surface area contributed by atoms with Gasteiger partial charge < -0.3 is 12.4 Å². The zero-order chi connectivity index (χ0) is 5.28. The van der Waals surface area contributed by atoms with Crippen molar-refractivity contribution in [1.82, 2.24) is 14.7 Å². The van der Waals surface area contributed by atoms with Gasteiger partial charge in [-0.2, -0.15) is 5.43 Å². The summed E-state index contributed by atoms with van der Waals surface area (Å²) in [4.78, 5) is 0. The molecule has 0 atom stereocenters. The van der Waals surface area contributed by atoms with Gasteiger partial charge in [0.15, 0.2) is 0 Å². The van der Waals surface area contributed by atoms with E-state index in [4.69, 9.17) is 23.6 Å². The third-order valence-electron chi connectivity index (χ3n) is 0.496. The molecule has 1 aliphatic heterocycles. The topological polar surface area (TPSA) is 32.5 Å². The van der Waals surface area contributed by atoms with E-state index in [0.29, 0.717) is 0 Å². The van der Waals surface area contributed by atoms with Crippen molar-refractivity contribution in [3.05, 3.63) is 0 Å². The Kier molecular flexibility index (Phi) is 3.23. The molecule has 8 heavy (non-hydrogen) atoms. The molecule has 0 saturated carbocycles. The summed E-state index contributed by atoms with van der Waals surface area (Å²) in [5.74, 6) is 0. The molecule has 0 aromatic carbocycles. The van der Waals surface area contributed by atoms with Crippen LogP contribution in [0.5, 0.6) is 0 Å². The van der Waals surface area contributed by atoms with Crippen LogP contribution in [0.15, 0.2) is 0 Å². The molecular weight excluding hydrogens is 174 g/mol. The fraction of sp³-hybridized carbons (Fsp3) is 0. The van der Waals surface area contributed by atoms with E-state index in [9.17, 15) is 0 Å². The lowest BCUT2D eigenvalue weighted by atomic mass is 11.4. The van der Waals surface area contributed by atoms with Crippen LogP contribution in [0.1, 0.15) is 0 Å². The van der Waals surface area contributed by atoms with Crippen LogP contribution in [-0.2, 0) is 0 Å². The third kappa shape index (κ3) is 1.56. The third-order valence-corrected chi connectivity index (χ3v) is 1.07. The number of hydrogen-bond donors (Lipinski definition) is 2. The van der Waals surface area contributed by atoms with Gasteiger partial charge in [0.1, 0.15) is 0 Å². The lowest BCUT2D eigenvalue weighted by Gasteiger charge is -2.00. The molecule has 0 spiro atoms. The Labute approximate surface area is 62.6 Å². The number of hydrogen-bond acceptors (Lipinski definition) is 3. The van der Waals surface area contributed by atoms with Crippen LogP contribution >= 0.6 is 23.6 Å². The highest BCUT2D eigenvalue weighted by Gasteiger charge is 2.16. The molecule has 0 amide bonds. The first-order valence-corrected chi connectivity index (χ1v) is 2.24. The summed E-state index contributed by atoms with van der Waals surface area (Å²) in [6.45, 7) is 0. The van der Waals surface area contributed by atoms with Gasteiger partial charge in [0.2, 0.25) is 0 Å². The van der Waals surface area contributed by atoms with Crippen molar-refractivity contribution in [2.75, 3.05) is 0 Å². The fourth-order valence-corrected chi connectivity index (χ4v) is 0.422. The van der Waals surface area contributed by atoms with E-state index in [1.807, 2.05) is 0 Å². The maximum Gasteiger partial charge on any atom is 0.276 e. The number of hydrazine groups is 3. The van der Waals surface area contributed by atoms with Gasteiger partial charge >= 0.3 is 0 Å². The first-order chi connectivity index (χ1) is 3.30. The first-order valence-electron chi connectivity index (χ1n) is 1.56. The summed E-state index contributed by atoms with van der Waals surface area (Å²) >= 11 is 10.6. The second-order valence-electron chi connectivity index (χ2n) is 0.923. The van der Waals surface area contributed by atoms with Crippen LogP contribution in [-0.4, -0.2) is 15.6 Å². The summed E-state index contributed by atoms with van der Waals surface area (Å²) in [6, 6.07) is 0. The SMILES string of the molecule is ClN1NC=[NH+]N1Cl.[Cl-]. The zero-order valence-corrected chi connectivity index (χ0v) is 5.87. The van der Waals surface area contributed by atoms with Crippen molar-refractivity contribution in [3.63, 3.8) is 0 Å². The van der Waals surface area contributed by atoms with Crippen LogP contribution in [0.2, 0.25) is 0 Å². The quantitative estimate of drug-likeness (QED) is 0.365. The molecule has 4 nitrogen and oxygen atoms in total. The van der Waals surface area contributed by atoms with Crippen LogP contribution in [0, 0.1) is 0 Å². The highest BCUT2D eigenvalue weighted by Crippen LogP contribution is 1.92. The van der Waals surface area contributed by atoms with Crippen molar-refractivity contribution < 1.29 is 17.5 Å². The van der Waals surface area contributed by atoms with Crippen molar-refractivity contribution in [1.29, 1.82) is 0 Å². The van der Waals surface area contributed by atoms with Crippen molar-refractivity contribution in [2.24, 2.45) is 0 Å². The molecule has 0 fully saturated rings. The monoisotopic (exact) mass is 176 g/mol. The number of hydrazone groups is 1. The normalized spacial score (nSPS) is 18.0. The van der Waals surface area contributed by atoms with Gasteiger partial charge in [-0.1, -0.05) is 0 Å². The Morgan fingerprint density at radius 1 is 1.50 bits per heavy atom. The zero-order valence-electron chi connectivity index (χ0n) is 3.61. The minimum atomic E-state index is 0. The summed E-state index contributed by atoms with van der Waals surface area (Å²) in [5, 5.41) is 2.53. The molecule has 1 rings (SSSR count). The highest BCUT2D eigenvalue weighted by molar-refractivity contribution is 6.18. The van der Waals surface area contributed by atoms with Gasteiger partial charge in [-0.05, 0) is 4.64 Å². The predicted molar refractivity (Wildman–Crippen MR) is 25.5 cm³/mol. The molecule has 0 aromatic rings.